The number of rotatable bonds is 4. The zero-order valence-corrected chi connectivity index (χ0v) is 17.1. The van der Waals surface area contributed by atoms with E-state index in [9.17, 15) is 4.79 Å². The van der Waals surface area contributed by atoms with Gasteiger partial charge < -0.3 is 19.3 Å². The second-order valence-electron chi connectivity index (χ2n) is 7.01. The van der Waals surface area contributed by atoms with E-state index in [0.717, 1.165) is 49.9 Å². The van der Waals surface area contributed by atoms with Crippen LogP contribution in [0.15, 0.2) is 42.5 Å². The molecule has 1 amide bonds. The summed E-state index contributed by atoms with van der Waals surface area (Å²) in [6.07, 6.45) is 0. The number of fused-ring (bicyclic) bond motifs is 1. The van der Waals surface area contributed by atoms with Gasteiger partial charge in [0.05, 0.1) is 12.8 Å². The molecule has 1 fully saturated rings. The molecule has 0 bridgehead atoms. The number of piperazine rings is 1. The smallest absolute Gasteiger partial charge is 0.264 e. The van der Waals surface area contributed by atoms with Gasteiger partial charge >= 0.3 is 0 Å². The van der Waals surface area contributed by atoms with Crippen molar-refractivity contribution in [2.24, 2.45) is 0 Å². The van der Waals surface area contributed by atoms with Crippen LogP contribution in [0.4, 0.5) is 11.4 Å². The molecule has 4 rings (SSSR count). The first-order valence-corrected chi connectivity index (χ1v) is 9.27. The number of nitrogens with zero attached hydrogens (tertiary/aromatic N) is 3. The van der Waals surface area contributed by atoms with Gasteiger partial charge in [0.25, 0.3) is 5.91 Å². The minimum atomic E-state index is -0.0103. The van der Waals surface area contributed by atoms with Crippen molar-refractivity contribution in [3.63, 3.8) is 0 Å². The SMILES string of the molecule is COc1cccc(N2CCN(Cc3ccc4c(c3)OCC(=O)N4C)CC2)c1.Cl. The second-order valence-corrected chi connectivity index (χ2v) is 7.01. The Morgan fingerprint density at radius 3 is 2.61 bits per heavy atom. The molecule has 2 aliphatic rings. The average Bonchev–Trinajstić information content (AvgIpc) is 2.71. The van der Waals surface area contributed by atoms with Crippen LogP contribution in [0.3, 0.4) is 0 Å². The topological polar surface area (TPSA) is 45.3 Å². The van der Waals surface area contributed by atoms with Crippen LogP contribution in [-0.4, -0.2) is 57.8 Å². The Morgan fingerprint density at radius 2 is 1.86 bits per heavy atom. The minimum Gasteiger partial charge on any atom is -0.497 e. The van der Waals surface area contributed by atoms with Crippen LogP contribution in [0.25, 0.3) is 0 Å². The van der Waals surface area contributed by atoms with Crippen molar-refractivity contribution in [3.8, 4) is 11.5 Å². The zero-order valence-electron chi connectivity index (χ0n) is 16.3. The molecule has 2 aromatic carbocycles. The van der Waals surface area contributed by atoms with E-state index in [-0.39, 0.29) is 24.9 Å². The number of carbonyl (C=O) groups is 1. The Bertz CT molecular complexity index is 837. The highest BCUT2D eigenvalue weighted by Crippen LogP contribution is 2.32. The van der Waals surface area contributed by atoms with Crippen LogP contribution in [0.5, 0.6) is 11.5 Å². The van der Waals surface area contributed by atoms with E-state index in [4.69, 9.17) is 9.47 Å². The van der Waals surface area contributed by atoms with Crippen molar-refractivity contribution in [2.45, 2.75) is 6.54 Å². The second kappa shape index (κ2) is 8.71. The van der Waals surface area contributed by atoms with Gasteiger partial charge in [-0.25, -0.2) is 0 Å². The summed E-state index contributed by atoms with van der Waals surface area (Å²) in [5, 5.41) is 0. The molecule has 7 heteroatoms. The van der Waals surface area contributed by atoms with Crippen LogP contribution < -0.4 is 19.3 Å². The summed E-state index contributed by atoms with van der Waals surface area (Å²) < 4.78 is 10.9. The van der Waals surface area contributed by atoms with Gasteiger partial charge in [0.2, 0.25) is 0 Å². The molecule has 0 unspecified atom stereocenters. The van der Waals surface area contributed by atoms with E-state index in [1.807, 2.05) is 18.2 Å². The molecule has 0 radical (unpaired) electrons. The van der Waals surface area contributed by atoms with Gasteiger partial charge in [-0.2, -0.15) is 0 Å². The Morgan fingerprint density at radius 1 is 1.07 bits per heavy atom. The number of methoxy groups -OCH3 is 1. The quantitative estimate of drug-likeness (QED) is 0.785. The molecular weight excluding hydrogens is 378 g/mol. The van der Waals surface area contributed by atoms with Crippen molar-refractivity contribution in [2.75, 3.05) is 56.7 Å². The van der Waals surface area contributed by atoms with Crippen LogP contribution in [0.1, 0.15) is 5.56 Å². The summed E-state index contributed by atoms with van der Waals surface area (Å²) >= 11 is 0. The Kier molecular flexibility index (Phi) is 6.31. The van der Waals surface area contributed by atoms with Gasteiger partial charge in [-0.1, -0.05) is 12.1 Å². The van der Waals surface area contributed by atoms with Gasteiger partial charge in [0, 0.05) is 51.5 Å². The molecule has 150 valence electrons. The predicted octanol–water partition coefficient (Wildman–Crippen LogP) is 2.79. The maximum absolute atomic E-state index is 11.7. The van der Waals surface area contributed by atoms with Gasteiger partial charge in [-0.05, 0) is 29.8 Å². The van der Waals surface area contributed by atoms with E-state index < -0.39 is 0 Å². The third kappa shape index (κ3) is 4.18. The molecule has 0 saturated carbocycles. The lowest BCUT2D eigenvalue weighted by Crippen LogP contribution is -2.46. The number of likely N-dealkylation sites (N-methyl/N-ethyl adjacent to an activating group) is 1. The molecule has 2 heterocycles. The lowest BCUT2D eigenvalue weighted by atomic mass is 10.1. The number of carbonyl (C=O) groups excluding carboxylic acids is 1. The molecule has 0 spiro atoms. The number of halogens is 1. The Balaban J connectivity index is 0.00000225. The van der Waals surface area contributed by atoms with Crippen LogP contribution in [-0.2, 0) is 11.3 Å². The van der Waals surface area contributed by atoms with Crippen molar-refractivity contribution >= 4 is 29.7 Å². The number of hydrogen-bond acceptors (Lipinski definition) is 5. The number of anilines is 2. The number of ether oxygens (including phenoxy) is 2. The lowest BCUT2D eigenvalue weighted by molar-refractivity contribution is -0.120. The Hall–Kier alpha value is -2.44. The molecule has 0 atom stereocenters. The summed E-state index contributed by atoms with van der Waals surface area (Å²) in [4.78, 5) is 18.2. The predicted molar refractivity (Wildman–Crippen MR) is 113 cm³/mol. The first-order valence-electron chi connectivity index (χ1n) is 9.27. The van der Waals surface area contributed by atoms with Crippen molar-refractivity contribution in [1.82, 2.24) is 4.90 Å². The van der Waals surface area contributed by atoms with Gasteiger partial charge in [0.1, 0.15) is 11.5 Å². The first-order chi connectivity index (χ1) is 13.1. The fraction of sp³-hybridized carbons (Fsp3) is 0.381. The highest BCUT2D eigenvalue weighted by Gasteiger charge is 2.23. The summed E-state index contributed by atoms with van der Waals surface area (Å²) in [6.45, 7) is 5.01. The largest absolute Gasteiger partial charge is 0.497 e. The maximum Gasteiger partial charge on any atom is 0.264 e. The average molecular weight is 404 g/mol. The minimum absolute atomic E-state index is 0. The van der Waals surface area contributed by atoms with E-state index in [0.29, 0.717) is 0 Å². The fourth-order valence-electron chi connectivity index (χ4n) is 3.65. The van der Waals surface area contributed by atoms with Crippen LogP contribution in [0, 0.1) is 0 Å². The van der Waals surface area contributed by atoms with E-state index in [2.05, 4.69) is 34.1 Å². The van der Waals surface area contributed by atoms with Gasteiger partial charge in [0.15, 0.2) is 6.61 Å². The molecule has 6 nitrogen and oxygen atoms in total. The fourth-order valence-corrected chi connectivity index (χ4v) is 3.65. The number of hydrogen-bond donors (Lipinski definition) is 0. The van der Waals surface area contributed by atoms with Crippen molar-refractivity contribution in [1.29, 1.82) is 0 Å². The summed E-state index contributed by atoms with van der Waals surface area (Å²) in [5.41, 5.74) is 3.27. The molecule has 0 aliphatic carbocycles. The van der Waals surface area contributed by atoms with Gasteiger partial charge in [-0.3, -0.25) is 9.69 Å². The normalized spacial score (nSPS) is 16.9. The molecule has 2 aromatic rings. The van der Waals surface area contributed by atoms with Gasteiger partial charge in [-0.15, -0.1) is 12.4 Å². The van der Waals surface area contributed by atoms with Crippen molar-refractivity contribution < 1.29 is 14.3 Å². The highest BCUT2D eigenvalue weighted by atomic mass is 35.5. The zero-order chi connectivity index (χ0) is 18.8. The Labute approximate surface area is 172 Å². The van der Waals surface area contributed by atoms with E-state index in [1.54, 1.807) is 19.1 Å². The monoisotopic (exact) mass is 403 g/mol. The third-order valence-corrected chi connectivity index (χ3v) is 5.31. The molecule has 28 heavy (non-hydrogen) atoms. The van der Waals surface area contributed by atoms with Crippen molar-refractivity contribution in [3.05, 3.63) is 48.0 Å². The summed E-state index contributed by atoms with van der Waals surface area (Å²) in [7, 11) is 3.49. The standard InChI is InChI=1S/C21H25N3O3.ClH/c1-22-19-7-6-16(12-20(19)27-15-21(22)25)14-23-8-10-24(11-9-23)17-4-3-5-18(13-17)26-2;/h3-7,12-13H,8-11,14-15H2,1-2H3;1H. The molecule has 0 N–H and O–H groups in total. The molecular formula is C21H26ClN3O3. The molecule has 2 aliphatic heterocycles. The third-order valence-electron chi connectivity index (χ3n) is 5.31. The summed E-state index contributed by atoms with van der Waals surface area (Å²) in [6, 6.07) is 14.4. The maximum atomic E-state index is 11.7. The lowest BCUT2D eigenvalue weighted by Gasteiger charge is -2.36. The van der Waals surface area contributed by atoms with Crippen LogP contribution in [0.2, 0.25) is 0 Å². The van der Waals surface area contributed by atoms with Crippen LogP contribution >= 0.6 is 12.4 Å². The molecule has 1 saturated heterocycles. The number of benzene rings is 2. The molecule has 0 aromatic heterocycles. The number of amides is 1. The highest BCUT2D eigenvalue weighted by molar-refractivity contribution is 5.97. The van der Waals surface area contributed by atoms with E-state index in [1.165, 1.54) is 11.3 Å². The van der Waals surface area contributed by atoms with E-state index >= 15 is 0 Å². The first kappa shape index (κ1) is 20.3. The summed E-state index contributed by atoms with van der Waals surface area (Å²) in [5.74, 6) is 1.68.